The summed E-state index contributed by atoms with van der Waals surface area (Å²) in [4.78, 5) is 16.1. The van der Waals surface area contributed by atoms with Gasteiger partial charge in [-0.1, -0.05) is 13.3 Å². The molecule has 0 amide bonds. The van der Waals surface area contributed by atoms with E-state index in [1.54, 1.807) is 0 Å². The van der Waals surface area contributed by atoms with Crippen LogP contribution in [0.3, 0.4) is 0 Å². The van der Waals surface area contributed by atoms with E-state index in [0.717, 1.165) is 61.5 Å². The molecule has 1 aliphatic carbocycles. The first-order valence-corrected chi connectivity index (χ1v) is 10.9. The van der Waals surface area contributed by atoms with E-state index < -0.39 is 0 Å². The summed E-state index contributed by atoms with van der Waals surface area (Å²) in [5.41, 5.74) is 2.06. The average molecular weight is 402 g/mol. The summed E-state index contributed by atoms with van der Waals surface area (Å²) in [5.74, 6) is 1.61. The third-order valence-electron chi connectivity index (χ3n) is 5.62. The van der Waals surface area contributed by atoms with Gasteiger partial charge in [0.05, 0.1) is 17.0 Å². The quantitative estimate of drug-likeness (QED) is 0.664. The van der Waals surface area contributed by atoms with E-state index in [2.05, 4.69) is 34.0 Å². The number of ether oxygens (including phenoxy) is 1. The van der Waals surface area contributed by atoms with Crippen LogP contribution in [0.25, 0.3) is 10.9 Å². The number of nitrogens with zero attached hydrogens (tertiary/aromatic N) is 4. The van der Waals surface area contributed by atoms with Gasteiger partial charge in [-0.2, -0.15) is 0 Å². The van der Waals surface area contributed by atoms with E-state index in [1.165, 1.54) is 0 Å². The number of hydrogen-bond donors (Lipinski definition) is 2. The van der Waals surface area contributed by atoms with Crippen molar-refractivity contribution >= 4 is 16.9 Å². The van der Waals surface area contributed by atoms with E-state index >= 15 is 0 Å². The second-order valence-corrected chi connectivity index (χ2v) is 8.47. The van der Waals surface area contributed by atoms with Gasteiger partial charge in [-0.15, -0.1) is 0 Å². The number of anilines is 1. The number of aliphatic hydroxyl groups excluding tert-OH is 1. The van der Waals surface area contributed by atoms with Crippen LogP contribution in [0.1, 0.15) is 63.9 Å². The molecule has 2 heterocycles. The van der Waals surface area contributed by atoms with Crippen molar-refractivity contribution in [3.63, 3.8) is 0 Å². The predicted octanol–water partition coefficient (Wildman–Crippen LogP) is 3.58. The zero-order chi connectivity index (χ0) is 20.8. The molecule has 7 nitrogen and oxygen atoms in total. The molecule has 1 fully saturated rings. The molecule has 29 heavy (non-hydrogen) atoms. The van der Waals surface area contributed by atoms with Crippen molar-refractivity contribution in [1.29, 1.82) is 0 Å². The molecule has 0 bridgehead atoms. The van der Waals surface area contributed by atoms with Crippen molar-refractivity contribution < 1.29 is 9.84 Å². The van der Waals surface area contributed by atoms with Crippen molar-refractivity contribution in [3.05, 3.63) is 18.0 Å². The lowest BCUT2D eigenvalue weighted by Crippen LogP contribution is -2.20. The molecule has 1 atom stereocenters. The minimum absolute atomic E-state index is 0.180. The predicted molar refractivity (Wildman–Crippen MR) is 117 cm³/mol. The smallest absolute Gasteiger partial charge is 0.224 e. The Morgan fingerprint density at radius 2 is 1.97 bits per heavy atom. The topological polar surface area (TPSA) is 83.4 Å². The van der Waals surface area contributed by atoms with Gasteiger partial charge in [0.15, 0.2) is 0 Å². The Kier molecular flexibility index (Phi) is 7.61. The normalized spacial score (nSPS) is 20.8. The highest BCUT2D eigenvalue weighted by Gasteiger charge is 2.24. The highest BCUT2D eigenvalue weighted by Crippen LogP contribution is 2.37. The monoisotopic (exact) mass is 401 g/mol. The molecule has 7 heteroatoms. The summed E-state index contributed by atoms with van der Waals surface area (Å²) in [6, 6.07) is 0.323. The van der Waals surface area contributed by atoms with Crippen LogP contribution in [-0.4, -0.2) is 64.4 Å². The van der Waals surface area contributed by atoms with Gasteiger partial charge < -0.3 is 20.1 Å². The Morgan fingerprint density at radius 1 is 1.21 bits per heavy atom. The third kappa shape index (κ3) is 5.76. The van der Waals surface area contributed by atoms with Gasteiger partial charge in [-0.05, 0) is 59.0 Å². The Balaban J connectivity index is 1.92. The van der Waals surface area contributed by atoms with Crippen molar-refractivity contribution in [3.8, 4) is 5.88 Å². The first-order chi connectivity index (χ1) is 14.0. The van der Waals surface area contributed by atoms with E-state index in [9.17, 15) is 5.11 Å². The average Bonchev–Trinajstić information content (AvgIpc) is 2.68. The number of fused-ring (bicyclic) bond motifs is 1. The molecule has 0 saturated heterocycles. The largest absolute Gasteiger partial charge is 0.476 e. The van der Waals surface area contributed by atoms with Crippen molar-refractivity contribution in [1.82, 2.24) is 19.9 Å². The summed E-state index contributed by atoms with van der Waals surface area (Å²) >= 11 is 0. The number of nitrogens with one attached hydrogen (secondary N) is 1. The van der Waals surface area contributed by atoms with E-state index in [0.29, 0.717) is 30.4 Å². The lowest BCUT2D eigenvalue weighted by Gasteiger charge is -2.26. The van der Waals surface area contributed by atoms with E-state index in [-0.39, 0.29) is 6.10 Å². The summed E-state index contributed by atoms with van der Waals surface area (Å²) in [6.07, 6.45) is 9.34. The molecule has 0 spiro atoms. The fraction of sp³-hybridized carbons (Fsp3) is 0.682. The Bertz CT molecular complexity index is 790. The maximum Gasteiger partial charge on any atom is 0.224 e. The molecule has 2 aromatic rings. The minimum Gasteiger partial charge on any atom is -0.476 e. The van der Waals surface area contributed by atoms with E-state index in [4.69, 9.17) is 9.72 Å². The van der Waals surface area contributed by atoms with Gasteiger partial charge in [0.1, 0.15) is 6.61 Å². The van der Waals surface area contributed by atoms with Gasteiger partial charge in [0.25, 0.3) is 0 Å². The SMILES string of the molecule is CCCC(C)Nc1ncc2c(OCCN(C)C)ncc([C@H]3CC[C@H](O)CC3)c2n1. The van der Waals surface area contributed by atoms with Crippen molar-refractivity contribution in [2.75, 3.05) is 32.6 Å². The summed E-state index contributed by atoms with van der Waals surface area (Å²) in [5, 5.41) is 14.2. The van der Waals surface area contributed by atoms with Gasteiger partial charge >= 0.3 is 0 Å². The van der Waals surface area contributed by atoms with Crippen LogP contribution in [-0.2, 0) is 0 Å². The molecule has 3 rings (SSSR count). The first kappa shape index (κ1) is 21.7. The number of rotatable bonds is 9. The fourth-order valence-electron chi connectivity index (χ4n) is 3.94. The van der Waals surface area contributed by atoms with E-state index in [1.807, 2.05) is 26.5 Å². The number of hydrogen-bond acceptors (Lipinski definition) is 7. The van der Waals surface area contributed by atoms with Crippen LogP contribution in [0.15, 0.2) is 12.4 Å². The zero-order valence-corrected chi connectivity index (χ0v) is 18.2. The third-order valence-corrected chi connectivity index (χ3v) is 5.62. The molecule has 0 aromatic carbocycles. The Morgan fingerprint density at radius 3 is 2.66 bits per heavy atom. The van der Waals surface area contributed by atoms with Crippen LogP contribution in [0.4, 0.5) is 5.95 Å². The van der Waals surface area contributed by atoms with Gasteiger partial charge in [0, 0.05) is 30.5 Å². The van der Waals surface area contributed by atoms with Crippen LogP contribution < -0.4 is 10.1 Å². The zero-order valence-electron chi connectivity index (χ0n) is 18.2. The van der Waals surface area contributed by atoms with Crippen LogP contribution in [0.5, 0.6) is 5.88 Å². The van der Waals surface area contributed by atoms with Crippen LogP contribution in [0.2, 0.25) is 0 Å². The minimum atomic E-state index is -0.180. The standard InChI is InChI=1S/C22H35N5O2/c1-5-6-15(2)25-22-24-14-19-20(26-22)18(16-7-9-17(28)10-8-16)13-23-21(19)29-12-11-27(3)4/h13-17,28H,5-12H2,1-4H3,(H,24,25,26)/t15?,16-,17-. The van der Waals surface area contributed by atoms with Gasteiger partial charge in [-0.3, -0.25) is 0 Å². The first-order valence-electron chi connectivity index (χ1n) is 10.9. The maximum atomic E-state index is 9.89. The summed E-state index contributed by atoms with van der Waals surface area (Å²) in [6.45, 7) is 5.72. The molecule has 0 aliphatic heterocycles. The molecule has 0 radical (unpaired) electrons. The van der Waals surface area contributed by atoms with Crippen LogP contribution in [0, 0.1) is 0 Å². The molecule has 1 saturated carbocycles. The highest BCUT2D eigenvalue weighted by molar-refractivity contribution is 5.86. The highest BCUT2D eigenvalue weighted by atomic mass is 16.5. The molecule has 2 aromatic heterocycles. The lowest BCUT2D eigenvalue weighted by molar-refractivity contribution is 0.122. The number of aliphatic hydroxyl groups is 1. The number of likely N-dealkylation sites (N-methyl/N-ethyl adjacent to an activating group) is 1. The molecule has 1 aliphatic rings. The molecular weight excluding hydrogens is 366 g/mol. The Hall–Kier alpha value is -1.99. The second kappa shape index (κ2) is 10.2. The van der Waals surface area contributed by atoms with Crippen molar-refractivity contribution in [2.24, 2.45) is 0 Å². The number of pyridine rings is 1. The number of aromatic nitrogens is 3. The Labute approximate surface area is 173 Å². The molecule has 1 unspecified atom stereocenters. The molecular formula is C22H35N5O2. The van der Waals surface area contributed by atoms with Gasteiger partial charge in [0.2, 0.25) is 11.8 Å². The molecule has 160 valence electrons. The second-order valence-electron chi connectivity index (χ2n) is 8.47. The maximum absolute atomic E-state index is 9.89. The van der Waals surface area contributed by atoms with Crippen LogP contribution >= 0.6 is 0 Å². The summed E-state index contributed by atoms with van der Waals surface area (Å²) < 4.78 is 5.96. The summed E-state index contributed by atoms with van der Waals surface area (Å²) in [7, 11) is 4.04. The van der Waals surface area contributed by atoms with Gasteiger partial charge in [-0.25, -0.2) is 15.0 Å². The fourth-order valence-corrected chi connectivity index (χ4v) is 3.94. The van der Waals surface area contributed by atoms with Crippen molar-refractivity contribution in [2.45, 2.75) is 70.4 Å². The lowest BCUT2D eigenvalue weighted by atomic mass is 9.83. The molecule has 2 N–H and O–H groups in total.